The van der Waals surface area contributed by atoms with Crippen LogP contribution in [0, 0.1) is 0 Å². The van der Waals surface area contributed by atoms with Gasteiger partial charge in [-0.25, -0.2) is 0 Å². The van der Waals surface area contributed by atoms with Gasteiger partial charge in [0, 0.05) is 31.9 Å². The average Bonchev–Trinajstić information content (AvgIpc) is 2.46. The third kappa shape index (κ3) is 5.38. The molecule has 0 saturated carbocycles. The highest BCUT2D eigenvalue weighted by atomic mass is 16.5. The second kappa shape index (κ2) is 7.89. The highest BCUT2D eigenvalue weighted by Gasteiger charge is 2.09. The topological polar surface area (TPSA) is 53.6 Å². The maximum atomic E-state index is 11.7. The molecule has 1 aromatic rings. The van der Waals surface area contributed by atoms with Gasteiger partial charge in [-0.05, 0) is 12.1 Å². The molecule has 1 amide bonds. The Kier molecular flexibility index (Phi) is 5.81. The van der Waals surface area contributed by atoms with Crippen molar-refractivity contribution in [1.82, 2.24) is 10.2 Å². The van der Waals surface area contributed by atoms with E-state index in [1.54, 1.807) is 0 Å². The van der Waals surface area contributed by atoms with E-state index in [1.807, 2.05) is 30.3 Å². The van der Waals surface area contributed by atoms with Crippen LogP contribution in [0.1, 0.15) is 0 Å². The van der Waals surface area contributed by atoms with Crippen molar-refractivity contribution in [2.75, 3.05) is 51.3 Å². The number of morpholine rings is 1. The van der Waals surface area contributed by atoms with Crippen LogP contribution < -0.4 is 10.6 Å². The fraction of sp³-hybridized carbons (Fsp3) is 0.500. The third-order valence-corrected chi connectivity index (χ3v) is 3.05. The van der Waals surface area contributed by atoms with Gasteiger partial charge in [0.05, 0.1) is 19.8 Å². The van der Waals surface area contributed by atoms with Crippen molar-refractivity contribution in [3.05, 3.63) is 30.3 Å². The van der Waals surface area contributed by atoms with Gasteiger partial charge in [-0.1, -0.05) is 18.2 Å². The molecule has 0 aromatic heterocycles. The summed E-state index contributed by atoms with van der Waals surface area (Å²) in [4.78, 5) is 14.0. The van der Waals surface area contributed by atoms with Gasteiger partial charge in [-0.2, -0.15) is 0 Å². The summed E-state index contributed by atoms with van der Waals surface area (Å²) in [5, 5.41) is 6.00. The molecule has 1 aromatic carbocycles. The van der Waals surface area contributed by atoms with Crippen LogP contribution in [0.15, 0.2) is 30.3 Å². The second-order valence-electron chi connectivity index (χ2n) is 4.54. The minimum atomic E-state index is -0.00632. The SMILES string of the molecule is O=C(CNCCN1CCOCC1)Nc1ccccc1. The zero-order valence-corrected chi connectivity index (χ0v) is 11.1. The van der Waals surface area contributed by atoms with Crippen LogP contribution in [0.3, 0.4) is 0 Å². The molecule has 0 atom stereocenters. The molecule has 104 valence electrons. The standard InChI is InChI=1S/C14H21N3O2/c18-14(16-13-4-2-1-3-5-13)12-15-6-7-17-8-10-19-11-9-17/h1-5,15H,6-12H2,(H,16,18). The quantitative estimate of drug-likeness (QED) is 0.736. The molecule has 2 N–H and O–H groups in total. The van der Waals surface area contributed by atoms with Gasteiger partial charge in [-0.15, -0.1) is 0 Å². The number of carbonyl (C=O) groups excluding carboxylic acids is 1. The fourth-order valence-corrected chi connectivity index (χ4v) is 1.99. The van der Waals surface area contributed by atoms with Crippen LogP contribution in [0.5, 0.6) is 0 Å². The minimum Gasteiger partial charge on any atom is -0.379 e. The molecule has 19 heavy (non-hydrogen) atoms. The molecule has 0 unspecified atom stereocenters. The van der Waals surface area contributed by atoms with Crippen LogP contribution >= 0.6 is 0 Å². The second-order valence-corrected chi connectivity index (χ2v) is 4.54. The zero-order valence-electron chi connectivity index (χ0n) is 11.1. The number of para-hydroxylation sites is 1. The number of nitrogens with one attached hydrogen (secondary N) is 2. The van der Waals surface area contributed by atoms with Gasteiger partial charge < -0.3 is 15.4 Å². The van der Waals surface area contributed by atoms with E-state index in [9.17, 15) is 4.79 Å². The molecule has 5 heteroatoms. The number of hydrogen-bond donors (Lipinski definition) is 2. The van der Waals surface area contributed by atoms with E-state index in [0.717, 1.165) is 45.1 Å². The van der Waals surface area contributed by atoms with Gasteiger partial charge in [-0.3, -0.25) is 9.69 Å². The van der Waals surface area contributed by atoms with Crippen molar-refractivity contribution < 1.29 is 9.53 Å². The summed E-state index contributed by atoms with van der Waals surface area (Å²) in [6.45, 7) is 5.72. The molecule has 1 fully saturated rings. The van der Waals surface area contributed by atoms with Crippen molar-refractivity contribution in [3.8, 4) is 0 Å². The Morgan fingerprint density at radius 1 is 1.21 bits per heavy atom. The van der Waals surface area contributed by atoms with Gasteiger partial charge in [0.25, 0.3) is 0 Å². The highest BCUT2D eigenvalue weighted by Crippen LogP contribution is 2.03. The Morgan fingerprint density at radius 3 is 2.68 bits per heavy atom. The summed E-state index contributed by atoms with van der Waals surface area (Å²) in [5.41, 5.74) is 0.836. The molecular weight excluding hydrogens is 242 g/mol. The lowest BCUT2D eigenvalue weighted by Crippen LogP contribution is -2.41. The number of carbonyl (C=O) groups is 1. The molecule has 1 aliphatic rings. The van der Waals surface area contributed by atoms with Crippen molar-refractivity contribution >= 4 is 11.6 Å². The van der Waals surface area contributed by atoms with E-state index in [-0.39, 0.29) is 5.91 Å². The van der Waals surface area contributed by atoms with Crippen LogP contribution in [-0.2, 0) is 9.53 Å². The van der Waals surface area contributed by atoms with Crippen molar-refractivity contribution in [1.29, 1.82) is 0 Å². The number of anilines is 1. The van der Waals surface area contributed by atoms with Crippen molar-refractivity contribution in [2.45, 2.75) is 0 Å². The van der Waals surface area contributed by atoms with Crippen LogP contribution in [0.25, 0.3) is 0 Å². The first-order valence-corrected chi connectivity index (χ1v) is 6.70. The van der Waals surface area contributed by atoms with Gasteiger partial charge in [0.1, 0.15) is 0 Å². The maximum absolute atomic E-state index is 11.7. The van der Waals surface area contributed by atoms with E-state index in [2.05, 4.69) is 15.5 Å². The van der Waals surface area contributed by atoms with E-state index in [0.29, 0.717) is 6.54 Å². The predicted octanol–water partition coefficient (Wildman–Crippen LogP) is 0.547. The number of nitrogens with zero attached hydrogens (tertiary/aromatic N) is 1. The van der Waals surface area contributed by atoms with Gasteiger partial charge >= 0.3 is 0 Å². The first-order valence-electron chi connectivity index (χ1n) is 6.70. The highest BCUT2D eigenvalue weighted by molar-refractivity contribution is 5.92. The van der Waals surface area contributed by atoms with Crippen LogP contribution in [0.2, 0.25) is 0 Å². The molecule has 0 radical (unpaired) electrons. The molecule has 1 saturated heterocycles. The summed E-state index contributed by atoms with van der Waals surface area (Å²) in [5.74, 6) is -0.00632. The lowest BCUT2D eigenvalue weighted by atomic mass is 10.3. The summed E-state index contributed by atoms with van der Waals surface area (Å²) in [6, 6.07) is 9.50. The molecule has 1 aliphatic heterocycles. The Balaban J connectivity index is 1.56. The summed E-state index contributed by atoms with van der Waals surface area (Å²) in [7, 11) is 0. The molecule has 1 heterocycles. The molecule has 0 aliphatic carbocycles. The smallest absolute Gasteiger partial charge is 0.238 e. The number of hydrogen-bond acceptors (Lipinski definition) is 4. The lowest BCUT2D eigenvalue weighted by molar-refractivity contribution is -0.115. The van der Waals surface area contributed by atoms with Crippen LogP contribution in [0.4, 0.5) is 5.69 Å². The largest absolute Gasteiger partial charge is 0.379 e. The number of benzene rings is 1. The Hall–Kier alpha value is -1.43. The van der Waals surface area contributed by atoms with Crippen molar-refractivity contribution in [3.63, 3.8) is 0 Å². The third-order valence-electron chi connectivity index (χ3n) is 3.05. The Bertz CT molecular complexity index is 378. The summed E-state index contributed by atoms with van der Waals surface area (Å²) < 4.78 is 5.28. The monoisotopic (exact) mass is 263 g/mol. The number of rotatable bonds is 6. The fourth-order valence-electron chi connectivity index (χ4n) is 1.99. The number of amides is 1. The number of ether oxygens (including phenoxy) is 1. The predicted molar refractivity (Wildman–Crippen MR) is 75.2 cm³/mol. The first kappa shape index (κ1) is 14.0. The normalized spacial score (nSPS) is 16.2. The van der Waals surface area contributed by atoms with E-state index in [1.165, 1.54) is 0 Å². The van der Waals surface area contributed by atoms with Crippen LogP contribution in [-0.4, -0.2) is 56.7 Å². The average molecular weight is 263 g/mol. The summed E-state index contributed by atoms with van der Waals surface area (Å²) in [6.07, 6.45) is 0. The van der Waals surface area contributed by atoms with Gasteiger partial charge in [0.15, 0.2) is 0 Å². The Morgan fingerprint density at radius 2 is 1.95 bits per heavy atom. The zero-order chi connectivity index (χ0) is 13.3. The Labute approximate surface area is 113 Å². The first-order chi connectivity index (χ1) is 9.34. The van der Waals surface area contributed by atoms with E-state index in [4.69, 9.17) is 4.74 Å². The molecule has 2 rings (SSSR count). The molecular formula is C14H21N3O2. The minimum absolute atomic E-state index is 0.00632. The van der Waals surface area contributed by atoms with Gasteiger partial charge in [0.2, 0.25) is 5.91 Å². The lowest BCUT2D eigenvalue weighted by Gasteiger charge is -2.26. The summed E-state index contributed by atoms with van der Waals surface area (Å²) >= 11 is 0. The maximum Gasteiger partial charge on any atom is 0.238 e. The molecule has 5 nitrogen and oxygen atoms in total. The van der Waals surface area contributed by atoms with E-state index < -0.39 is 0 Å². The molecule has 0 spiro atoms. The van der Waals surface area contributed by atoms with Crippen molar-refractivity contribution in [2.24, 2.45) is 0 Å². The van der Waals surface area contributed by atoms with E-state index >= 15 is 0 Å². The molecule has 0 bridgehead atoms.